The number of halogens is 2. The Kier molecular flexibility index (Phi) is 4.16. The number of hydrogen-bond acceptors (Lipinski definition) is 5. The third-order valence-corrected chi connectivity index (χ3v) is 6.44. The number of ether oxygens (including phenoxy) is 1. The number of fused-ring (bicyclic) bond motifs is 6. The van der Waals surface area contributed by atoms with Crippen LogP contribution in [0, 0.1) is 5.82 Å². The molecule has 1 fully saturated rings. The molecule has 0 aliphatic carbocycles. The van der Waals surface area contributed by atoms with E-state index in [2.05, 4.69) is 20.2 Å². The molecule has 0 radical (unpaired) electrons. The van der Waals surface area contributed by atoms with Gasteiger partial charge in [0.1, 0.15) is 12.4 Å². The predicted octanol–water partition coefficient (Wildman–Crippen LogP) is 3.71. The van der Waals surface area contributed by atoms with Crippen molar-refractivity contribution in [3.63, 3.8) is 0 Å². The highest BCUT2D eigenvalue weighted by Gasteiger charge is 2.32. The molecule has 1 saturated heterocycles. The Hall–Kier alpha value is -3.16. The van der Waals surface area contributed by atoms with Crippen molar-refractivity contribution in [1.29, 1.82) is 0 Å². The lowest BCUT2D eigenvalue weighted by Gasteiger charge is -2.42. The van der Waals surface area contributed by atoms with Gasteiger partial charge in [-0.05, 0) is 29.7 Å². The van der Waals surface area contributed by atoms with Crippen molar-refractivity contribution in [2.75, 3.05) is 31.1 Å². The SMILES string of the molecule is O=c1[nH]ccc2ccc(F)c(-c3cc4ncc5c(c4cc3Cl)N3CCNC[C@@H]3CO5)c12. The zero-order valence-electron chi connectivity index (χ0n) is 16.4. The van der Waals surface area contributed by atoms with E-state index < -0.39 is 5.82 Å². The summed E-state index contributed by atoms with van der Waals surface area (Å²) in [5.74, 6) is 0.219. The summed E-state index contributed by atoms with van der Waals surface area (Å²) in [6, 6.07) is 8.49. The van der Waals surface area contributed by atoms with E-state index in [1.165, 1.54) is 6.07 Å². The molecular formula is C23H18ClFN4O2. The fourth-order valence-electron chi connectivity index (χ4n) is 4.68. The molecule has 0 unspecified atom stereocenters. The summed E-state index contributed by atoms with van der Waals surface area (Å²) in [5, 5.41) is 5.52. The summed E-state index contributed by atoms with van der Waals surface area (Å²) in [7, 11) is 0. The summed E-state index contributed by atoms with van der Waals surface area (Å²) in [5.41, 5.74) is 1.90. The van der Waals surface area contributed by atoms with Gasteiger partial charge in [0, 0.05) is 47.4 Å². The van der Waals surface area contributed by atoms with Gasteiger partial charge in [-0.3, -0.25) is 9.78 Å². The van der Waals surface area contributed by atoms with Gasteiger partial charge < -0.3 is 19.9 Å². The molecule has 2 N–H and O–H groups in total. The van der Waals surface area contributed by atoms with Gasteiger partial charge >= 0.3 is 0 Å². The van der Waals surface area contributed by atoms with E-state index in [0.29, 0.717) is 28.1 Å². The molecule has 2 aromatic carbocycles. The van der Waals surface area contributed by atoms with Gasteiger partial charge in [0.25, 0.3) is 5.56 Å². The minimum atomic E-state index is -0.506. The van der Waals surface area contributed by atoms with Crippen LogP contribution in [0.1, 0.15) is 0 Å². The quantitative estimate of drug-likeness (QED) is 0.476. The van der Waals surface area contributed by atoms with E-state index in [-0.39, 0.29) is 22.6 Å². The molecule has 2 aromatic heterocycles. The maximum Gasteiger partial charge on any atom is 0.256 e. The third kappa shape index (κ3) is 2.80. The number of hydrogen-bond donors (Lipinski definition) is 2. The number of piperazine rings is 1. The number of rotatable bonds is 1. The molecule has 2 aliphatic heterocycles. The molecule has 0 amide bonds. The smallest absolute Gasteiger partial charge is 0.256 e. The molecule has 6 rings (SSSR count). The number of aromatic nitrogens is 2. The number of nitrogens with zero attached hydrogens (tertiary/aromatic N) is 2. The van der Waals surface area contributed by atoms with Crippen LogP contribution in [0.5, 0.6) is 5.75 Å². The molecule has 1 atom stereocenters. The molecule has 0 bridgehead atoms. The maximum absolute atomic E-state index is 15.0. The lowest BCUT2D eigenvalue weighted by molar-refractivity contribution is 0.247. The van der Waals surface area contributed by atoms with Gasteiger partial charge in [-0.25, -0.2) is 4.39 Å². The maximum atomic E-state index is 15.0. The van der Waals surface area contributed by atoms with Crippen molar-refractivity contribution in [2.24, 2.45) is 0 Å². The summed E-state index contributed by atoms with van der Waals surface area (Å²) in [4.78, 5) is 22.1. The molecule has 8 heteroatoms. The lowest BCUT2D eigenvalue weighted by Crippen LogP contribution is -2.55. The van der Waals surface area contributed by atoms with Crippen molar-refractivity contribution in [2.45, 2.75) is 6.04 Å². The molecule has 31 heavy (non-hydrogen) atoms. The zero-order chi connectivity index (χ0) is 21.1. The zero-order valence-corrected chi connectivity index (χ0v) is 17.2. The molecule has 4 aromatic rings. The number of H-pyrrole nitrogens is 1. The van der Waals surface area contributed by atoms with Gasteiger partial charge in [0.2, 0.25) is 0 Å². The second-order valence-electron chi connectivity index (χ2n) is 7.88. The second kappa shape index (κ2) is 6.93. The number of pyridine rings is 2. The van der Waals surface area contributed by atoms with Gasteiger partial charge in [0.15, 0.2) is 5.75 Å². The fourth-order valence-corrected chi connectivity index (χ4v) is 4.94. The highest BCUT2D eigenvalue weighted by molar-refractivity contribution is 6.35. The van der Waals surface area contributed by atoms with Crippen LogP contribution < -0.4 is 20.5 Å². The number of nitrogens with one attached hydrogen (secondary N) is 2. The minimum absolute atomic E-state index is 0.182. The molecule has 0 saturated carbocycles. The molecule has 156 valence electrons. The van der Waals surface area contributed by atoms with Gasteiger partial charge in [-0.2, -0.15) is 0 Å². The van der Waals surface area contributed by atoms with Crippen LogP contribution in [0.4, 0.5) is 10.1 Å². The first-order chi connectivity index (χ1) is 15.1. The standard InChI is InChI=1S/C23H18ClFN4O2/c24-16-7-15-18(28-10-19-22(15)29-6-5-26-9-13(29)11-31-19)8-14(16)21-17(25)2-1-12-3-4-27-23(30)20(12)21/h1-4,7-8,10,13,26H,5-6,9,11H2,(H,27,30)/t13-/m1/s1. The molecular weight excluding hydrogens is 419 g/mol. The summed E-state index contributed by atoms with van der Waals surface area (Å²) in [6.45, 7) is 3.18. The largest absolute Gasteiger partial charge is 0.488 e. The Morgan fingerprint density at radius 2 is 2.16 bits per heavy atom. The van der Waals surface area contributed by atoms with E-state index in [0.717, 1.165) is 36.5 Å². The van der Waals surface area contributed by atoms with Gasteiger partial charge in [0.05, 0.1) is 28.8 Å². The highest BCUT2D eigenvalue weighted by Crippen LogP contribution is 2.43. The topological polar surface area (TPSA) is 70.2 Å². The monoisotopic (exact) mass is 436 g/mol. The Balaban J connectivity index is 1.62. The van der Waals surface area contributed by atoms with Gasteiger partial charge in [-0.15, -0.1) is 0 Å². The average molecular weight is 437 g/mol. The van der Waals surface area contributed by atoms with E-state index >= 15 is 0 Å². The van der Waals surface area contributed by atoms with E-state index in [9.17, 15) is 9.18 Å². The van der Waals surface area contributed by atoms with E-state index in [1.54, 1.807) is 36.7 Å². The Morgan fingerprint density at radius 1 is 1.26 bits per heavy atom. The number of benzene rings is 2. The van der Waals surface area contributed by atoms with E-state index in [1.807, 2.05) is 0 Å². The van der Waals surface area contributed by atoms with Crippen LogP contribution in [-0.4, -0.2) is 42.3 Å². The van der Waals surface area contributed by atoms with Crippen molar-refractivity contribution in [3.8, 4) is 16.9 Å². The normalized spacial score (nSPS) is 18.0. The van der Waals surface area contributed by atoms with Crippen LogP contribution in [0.25, 0.3) is 32.8 Å². The van der Waals surface area contributed by atoms with Crippen LogP contribution in [-0.2, 0) is 0 Å². The van der Waals surface area contributed by atoms with Crippen molar-refractivity contribution in [3.05, 3.63) is 63.9 Å². The average Bonchev–Trinajstić information content (AvgIpc) is 2.79. The van der Waals surface area contributed by atoms with Crippen molar-refractivity contribution < 1.29 is 9.13 Å². The first-order valence-corrected chi connectivity index (χ1v) is 10.5. The first-order valence-electron chi connectivity index (χ1n) is 10.1. The first kappa shape index (κ1) is 18.6. The molecule has 2 aliphatic rings. The van der Waals surface area contributed by atoms with Crippen LogP contribution in [0.2, 0.25) is 5.02 Å². The Morgan fingerprint density at radius 3 is 3.06 bits per heavy atom. The van der Waals surface area contributed by atoms with Crippen LogP contribution >= 0.6 is 11.6 Å². The molecule has 4 heterocycles. The third-order valence-electron chi connectivity index (χ3n) is 6.12. The van der Waals surface area contributed by atoms with Crippen LogP contribution in [0.3, 0.4) is 0 Å². The number of anilines is 1. The van der Waals surface area contributed by atoms with Crippen molar-refractivity contribution >= 4 is 39.0 Å². The second-order valence-corrected chi connectivity index (χ2v) is 8.28. The van der Waals surface area contributed by atoms with Crippen LogP contribution in [0.15, 0.2) is 47.5 Å². The fraction of sp³-hybridized carbons (Fsp3) is 0.217. The van der Waals surface area contributed by atoms with Crippen molar-refractivity contribution in [1.82, 2.24) is 15.3 Å². The molecule has 6 nitrogen and oxygen atoms in total. The van der Waals surface area contributed by atoms with E-state index in [4.69, 9.17) is 16.3 Å². The van der Waals surface area contributed by atoms with Gasteiger partial charge in [-0.1, -0.05) is 17.7 Å². The Bertz CT molecular complexity index is 1420. The highest BCUT2D eigenvalue weighted by atomic mass is 35.5. The molecule has 0 spiro atoms. The summed E-state index contributed by atoms with van der Waals surface area (Å²) < 4.78 is 20.9. The number of aromatic amines is 1. The lowest BCUT2D eigenvalue weighted by atomic mass is 9.96. The minimum Gasteiger partial charge on any atom is -0.488 e. The summed E-state index contributed by atoms with van der Waals surface area (Å²) in [6.07, 6.45) is 3.26. The predicted molar refractivity (Wildman–Crippen MR) is 120 cm³/mol. The Labute approximate surface area is 181 Å². The summed E-state index contributed by atoms with van der Waals surface area (Å²) >= 11 is 6.70.